The first-order valence-corrected chi connectivity index (χ1v) is 5.66. The van der Waals surface area contributed by atoms with Crippen molar-refractivity contribution in [2.24, 2.45) is 0 Å². The Kier molecular flexibility index (Phi) is 3.13. The lowest BCUT2D eigenvalue weighted by atomic mass is 9.92. The van der Waals surface area contributed by atoms with Crippen molar-refractivity contribution in [1.29, 1.82) is 0 Å². The molecule has 0 unspecified atom stereocenters. The number of likely N-dealkylation sites (tertiary alicyclic amines) is 1. The van der Waals surface area contributed by atoms with Gasteiger partial charge in [-0.1, -0.05) is 30.3 Å². The number of carbonyl (C=O) groups excluding carboxylic acids is 1. The van der Waals surface area contributed by atoms with Gasteiger partial charge in [0.1, 0.15) is 6.04 Å². The highest BCUT2D eigenvalue weighted by Gasteiger charge is 2.41. The Bertz CT molecular complexity index is 430. The number of benzene rings is 1. The van der Waals surface area contributed by atoms with Crippen LogP contribution in [0.1, 0.15) is 24.8 Å². The fraction of sp³-hybridized carbons (Fsp3) is 0.385. The first-order valence-electron chi connectivity index (χ1n) is 5.66. The lowest BCUT2D eigenvalue weighted by Gasteiger charge is -2.23. The van der Waals surface area contributed by atoms with E-state index in [2.05, 4.69) is 0 Å². The highest BCUT2D eigenvalue weighted by Crippen LogP contribution is 2.33. The number of hydrogen-bond acceptors (Lipinski definition) is 2. The molecule has 0 saturated carbocycles. The first-order chi connectivity index (χ1) is 8.11. The zero-order valence-electron chi connectivity index (χ0n) is 9.67. The zero-order valence-corrected chi connectivity index (χ0v) is 9.67. The molecule has 2 rings (SSSR count). The standard InChI is InChI=1S/C13H15NO3/c1-9(15)14-8-7-11(12(14)13(16)17)10-5-3-2-4-6-10/h2-6,11-12H,7-8H2,1H3,(H,16,17)/t11-,12-/m0/s1. The summed E-state index contributed by atoms with van der Waals surface area (Å²) < 4.78 is 0. The van der Waals surface area contributed by atoms with Crippen LogP contribution < -0.4 is 0 Å². The zero-order chi connectivity index (χ0) is 12.4. The van der Waals surface area contributed by atoms with Crippen LogP contribution in [0.4, 0.5) is 0 Å². The lowest BCUT2D eigenvalue weighted by Crippen LogP contribution is -2.41. The summed E-state index contributed by atoms with van der Waals surface area (Å²) in [7, 11) is 0. The average molecular weight is 233 g/mol. The number of carboxylic acids is 1. The molecule has 0 aromatic heterocycles. The third kappa shape index (κ3) is 2.16. The smallest absolute Gasteiger partial charge is 0.327 e. The van der Waals surface area contributed by atoms with Gasteiger partial charge in [-0.2, -0.15) is 0 Å². The number of nitrogens with zero attached hydrogens (tertiary/aromatic N) is 1. The second kappa shape index (κ2) is 4.57. The van der Waals surface area contributed by atoms with Gasteiger partial charge in [-0.15, -0.1) is 0 Å². The van der Waals surface area contributed by atoms with E-state index in [0.717, 1.165) is 5.56 Å². The van der Waals surface area contributed by atoms with Crippen molar-refractivity contribution in [1.82, 2.24) is 4.90 Å². The summed E-state index contributed by atoms with van der Waals surface area (Å²) in [5.41, 5.74) is 0.989. The summed E-state index contributed by atoms with van der Waals surface area (Å²) in [6.45, 7) is 1.94. The van der Waals surface area contributed by atoms with Gasteiger partial charge in [0, 0.05) is 19.4 Å². The maximum atomic E-state index is 11.4. The Morgan fingerprint density at radius 2 is 1.94 bits per heavy atom. The molecule has 1 heterocycles. The molecule has 0 radical (unpaired) electrons. The Hall–Kier alpha value is -1.84. The van der Waals surface area contributed by atoms with E-state index in [-0.39, 0.29) is 11.8 Å². The summed E-state index contributed by atoms with van der Waals surface area (Å²) in [6.07, 6.45) is 0.709. The molecule has 1 saturated heterocycles. The monoisotopic (exact) mass is 233 g/mol. The molecule has 1 N–H and O–H groups in total. The van der Waals surface area contributed by atoms with Crippen molar-refractivity contribution in [2.75, 3.05) is 6.54 Å². The molecule has 17 heavy (non-hydrogen) atoms. The van der Waals surface area contributed by atoms with E-state index in [1.54, 1.807) is 0 Å². The van der Waals surface area contributed by atoms with E-state index in [1.165, 1.54) is 11.8 Å². The quantitative estimate of drug-likeness (QED) is 0.841. The topological polar surface area (TPSA) is 57.6 Å². The van der Waals surface area contributed by atoms with Crippen molar-refractivity contribution in [2.45, 2.75) is 25.3 Å². The molecule has 4 heteroatoms. The van der Waals surface area contributed by atoms with Crippen molar-refractivity contribution in [3.05, 3.63) is 35.9 Å². The molecule has 1 aliphatic heterocycles. The highest BCUT2D eigenvalue weighted by atomic mass is 16.4. The second-order valence-electron chi connectivity index (χ2n) is 4.30. The van der Waals surface area contributed by atoms with Crippen molar-refractivity contribution < 1.29 is 14.7 Å². The van der Waals surface area contributed by atoms with Crippen LogP contribution in [-0.4, -0.2) is 34.5 Å². The highest BCUT2D eigenvalue weighted by molar-refractivity contribution is 5.84. The van der Waals surface area contributed by atoms with Gasteiger partial charge >= 0.3 is 5.97 Å². The minimum atomic E-state index is -0.924. The number of rotatable bonds is 2. The molecule has 2 atom stereocenters. The molecule has 0 aliphatic carbocycles. The largest absolute Gasteiger partial charge is 0.480 e. The van der Waals surface area contributed by atoms with E-state index >= 15 is 0 Å². The third-order valence-corrected chi connectivity index (χ3v) is 3.28. The number of carbonyl (C=O) groups is 2. The van der Waals surface area contributed by atoms with Gasteiger partial charge in [0.25, 0.3) is 0 Å². The van der Waals surface area contributed by atoms with Crippen LogP contribution in [0, 0.1) is 0 Å². The van der Waals surface area contributed by atoms with Crippen LogP contribution in [0.2, 0.25) is 0 Å². The van der Waals surface area contributed by atoms with E-state index in [1.807, 2.05) is 30.3 Å². The van der Waals surface area contributed by atoms with Gasteiger partial charge < -0.3 is 10.0 Å². The van der Waals surface area contributed by atoms with Crippen LogP contribution >= 0.6 is 0 Å². The molecule has 1 amide bonds. The summed E-state index contributed by atoms with van der Waals surface area (Å²) in [6, 6.07) is 8.80. The maximum Gasteiger partial charge on any atom is 0.327 e. The minimum absolute atomic E-state index is 0.0994. The second-order valence-corrected chi connectivity index (χ2v) is 4.30. The van der Waals surface area contributed by atoms with Crippen molar-refractivity contribution in [3.63, 3.8) is 0 Å². The molecular formula is C13H15NO3. The van der Waals surface area contributed by atoms with Gasteiger partial charge in [-0.3, -0.25) is 4.79 Å². The predicted molar refractivity (Wildman–Crippen MR) is 62.6 cm³/mol. The number of carboxylic acid groups (broad SMARTS) is 1. The fourth-order valence-corrected chi connectivity index (χ4v) is 2.50. The van der Waals surface area contributed by atoms with Crippen LogP contribution in [0.3, 0.4) is 0 Å². The number of hydrogen-bond donors (Lipinski definition) is 1. The lowest BCUT2D eigenvalue weighted by molar-refractivity contribution is -0.147. The molecule has 1 aliphatic rings. The maximum absolute atomic E-state index is 11.4. The summed E-state index contributed by atoms with van der Waals surface area (Å²) in [5.74, 6) is -1.19. The Morgan fingerprint density at radius 1 is 1.29 bits per heavy atom. The summed E-state index contributed by atoms with van der Waals surface area (Å²) in [4.78, 5) is 24.2. The van der Waals surface area contributed by atoms with Crippen molar-refractivity contribution in [3.8, 4) is 0 Å². The molecular weight excluding hydrogens is 218 g/mol. The third-order valence-electron chi connectivity index (χ3n) is 3.28. The predicted octanol–water partition coefficient (Wildman–Crippen LogP) is 1.48. The normalized spacial score (nSPS) is 23.7. The number of aliphatic carboxylic acids is 1. The molecule has 1 aromatic carbocycles. The van der Waals surface area contributed by atoms with E-state index in [0.29, 0.717) is 13.0 Å². The molecule has 0 spiro atoms. The van der Waals surface area contributed by atoms with Gasteiger partial charge in [-0.25, -0.2) is 4.79 Å². The van der Waals surface area contributed by atoms with Gasteiger partial charge in [0.2, 0.25) is 5.91 Å². The van der Waals surface area contributed by atoms with Crippen LogP contribution in [0.5, 0.6) is 0 Å². The Morgan fingerprint density at radius 3 is 2.47 bits per heavy atom. The van der Waals surface area contributed by atoms with Crippen molar-refractivity contribution >= 4 is 11.9 Å². The van der Waals surface area contributed by atoms with Crippen LogP contribution in [-0.2, 0) is 9.59 Å². The van der Waals surface area contributed by atoms with Crippen LogP contribution in [0.25, 0.3) is 0 Å². The number of amides is 1. The van der Waals surface area contributed by atoms with Gasteiger partial charge in [0.05, 0.1) is 0 Å². The molecule has 0 bridgehead atoms. The Balaban J connectivity index is 2.30. The Labute approximate surface area is 99.9 Å². The minimum Gasteiger partial charge on any atom is -0.480 e. The molecule has 4 nitrogen and oxygen atoms in total. The fourth-order valence-electron chi connectivity index (χ4n) is 2.50. The summed E-state index contributed by atoms with van der Waals surface area (Å²) in [5, 5.41) is 9.27. The van der Waals surface area contributed by atoms with Crippen LogP contribution in [0.15, 0.2) is 30.3 Å². The van der Waals surface area contributed by atoms with Gasteiger partial charge in [-0.05, 0) is 12.0 Å². The van der Waals surface area contributed by atoms with Gasteiger partial charge in [0.15, 0.2) is 0 Å². The molecule has 90 valence electrons. The first kappa shape index (κ1) is 11.6. The molecule has 1 aromatic rings. The van der Waals surface area contributed by atoms with E-state index < -0.39 is 12.0 Å². The summed E-state index contributed by atoms with van der Waals surface area (Å²) >= 11 is 0. The molecule has 1 fully saturated rings. The van der Waals surface area contributed by atoms with E-state index in [9.17, 15) is 14.7 Å². The average Bonchev–Trinajstić information content (AvgIpc) is 2.74. The SMILES string of the molecule is CC(=O)N1CC[C@@H](c2ccccc2)[C@H]1C(=O)O. The van der Waals surface area contributed by atoms with E-state index in [4.69, 9.17) is 0 Å².